The first-order chi connectivity index (χ1) is 11.5. The van der Waals surface area contributed by atoms with Gasteiger partial charge in [-0.2, -0.15) is 14.9 Å². The Morgan fingerprint density at radius 2 is 2.17 bits per heavy atom. The van der Waals surface area contributed by atoms with E-state index in [4.69, 9.17) is 21.7 Å². The summed E-state index contributed by atoms with van der Waals surface area (Å²) in [4.78, 5) is 0. The molecule has 6 nitrogen and oxygen atoms in total. The molecule has 2 aromatic rings. The van der Waals surface area contributed by atoms with Gasteiger partial charge in [0.05, 0.1) is 19.9 Å². The highest BCUT2D eigenvalue weighted by Crippen LogP contribution is 2.28. The van der Waals surface area contributed by atoms with Crippen LogP contribution in [0.15, 0.2) is 23.3 Å². The van der Waals surface area contributed by atoms with E-state index in [0.29, 0.717) is 23.0 Å². The molecule has 0 aliphatic rings. The van der Waals surface area contributed by atoms with E-state index >= 15 is 0 Å². The molecule has 0 atom stereocenters. The summed E-state index contributed by atoms with van der Waals surface area (Å²) in [6.45, 7) is 6.95. The molecule has 0 spiro atoms. The maximum atomic E-state index is 5.76. The lowest BCUT2D eigenvalue weighted by atomic mass is 10.2. The van der Waals surface area contributed by atoms with Crippen LogP contribution in [0.3, 0.4) is 0 Å². The minimum atomic E-state index is 0.455. The molecule has 7 heteroatoms. The quantitative estimate of drug-likeness (QED) is 0.582. The van der Waals surface area contributed by atoms with Crippen LogP contribution in [0.2, 0.25) is 0 Å². The van der Waals surface area contributed by atoms with E-state index < -0.39 is 0 Å². The number of nitrogens with zero attached hydrogens (tertiary/aromatic N) is 3. The van der Waals surface area contributed by atoms with Crippen LogP contribution in [0.1, 0.15) is 38.6 Å². The highest BCUT2D eigenvalue weighted by Gasteiger charge is 2.07. The molecule has 2 rings (SSSR count). The minimum absolute atomic E-state index is 0.455. The van der Waals surface area contributed by atoms with Gasteiger partial charge >= 0.3 is 0 Å². The minimum Gasteiger partial charge on any atom is -0.493 e. The van der Waals surface area contributed by atoms with Crippen molar-refractivity contribution >= 4 is 18.4 Å². The molecular formula is C17H24N4O2S. The van der Waals surface area contributed by atoms with Crippen LogP contribution in [0.25, 0.3) is 0 Å². The standard InChI is InChI=1S/C17H24N4O2S/c1-5-6-16-19-20-17(24)21(16)18-10-13-7-8-14(15(9-13)22-4)23-11-12(2)3/h7-10,12H,5-6,11H2,1-4H3,(H,20,24)/b18-10-. The number of H-pyrrole nitrogens is 1. The van der Waals surface area contributed by atoms with E-state index in [2.05, 4.69) is 36.1 Å². The average Bonchev–Trinajstić information content (AvgIpc) is 2.91. The van der Waals surface area contributed by atoms with Gasteiger partial charge in [0.2, 0.25) is 4.77 Å². The van der Waals surface area contributed by atoms with Gasteiger partial charge in [-0.05, 0) is 48.3 Å². The molecule has 0 saturated carbocycles. The van der Waals surface area contributed by atoms with Gasteiger partial charge in [-0.3, -0.25) is 5.10 Å². The van der Waals surface area contributed by atoms with Crippen LogP contribution in [0, 0.1) is 10.7 Å². The molecule has 0 unspecified atom stereocenters. The molecule has 0 bridgehead atoms. The van der Waals surface area contributed by atoms with E-state index in [1.165, 1.54) is 0 Å². The second kappa shape index (κ2) is 8.63. The topological polar surface area (TPSA) is 64.4 Å². The van der Waals surface area contributed by atoms with Gasteiger partial charge in [-0.15, -0.1) is 0 Å². The fraction of sp³-hybridized carbons (Fsp3) is 0.471. The van der Waals surface area contributed by atoms with Crippen LogP contribution in [-0.2, 0) is 6.42 Å². The van der Waals surface area contributed by atoms with Crippen molar-refractivity contribution in [1.29, 1.82) is 0 Å². The number of nitrogens with one attached hydrogen (secondary N) is 1. The number of aromatic nitrogens is 3. The fourth-order valence-corrected chi connectivity index (χ4v) is 2.29. The van der Waals surface area contributed by atoms with E-state index in [0.717, 1.165) is 30.0 Å². The molecule has 130 valence electrons. The molecule has 0 aliphatic heterocycles. The molecular weight excluding hydrogens is 324 g/mol. The van der Waals surface area contributed by atoms with Crippen molar-refractivity contribution in [1.82, 2.24) is 14.9 Å². The predicted octanol–water partition coefficient (Wildman–Crippen LogP) is 3.82. The van der Waals surface area contributed by atoms with Gasteiger partial charge in [0, 0.05) is 6.42 Å². The van der Waals surface area contributed by atoms with Crippen LogP contribution in [0.5, 0.6) is 11.5 Å². The summed E-state index contributed by atoms with van der Waals surface area (Å²) in [5.74, 6) is 2.69. The largest absolute Gasteiger partial charge is 0.493 e. The second-order valence-electron chi connectivity index (χ2n) is 5.87. The maximum Gasteiger partial charge on any atom is 0.216 e. The lowest BCUT2D eigenvalue weighted by molar-refractivity contribution is 0.257. The number of aromatic amines is 1. The Morgan fingerprint density at radius 3 is 2.83 bits per heavy atom. The Kier molecular flexibility index (Phi) is 6.54. The number of aryl methyl sites for hydroxylation is 1. The zero-order valence-electron chi connectivity index (χ0n) is 14.6. The number of benzene rings is 1. The number of ether oxygens (including phenoxy) is 2. The van der Waals surface area contributed by atoms with E-state index in [9.17, 15) is 0 Å². The Balaban J connectivity index is 2.21. The van der Waals surface area contributed by atoms with Crippen molar-refractivity contribution in [3.8, 4) is 11.5 Å². The van der Waals surface area contributed by atoms with E-state index in [1.807, 2.05) is 18.2 Å². The van der Waals surface area contributed by atoms with Crippen LogP contribution < -0.4 is 9.47 Å². The summed E-state index contributed by atoms with van der Waals surface area (Å²) in [5.41, 5.74) is 0.897. The molecule has 0 saturated heterocycles. The van der Waals surface area contributed by atoms with Gasteiger partial charge in [-0.25, -0.2) is 0 Å². The Bertz CT molecular complexity index is 749. The summed E-state index contributed by atoms with van der Waals surface area (Å²) in [6, 6.07) is 5.72. The third kappa shape index (κ3) is 4.67. The lowest BCUT2D eigenvalue weighted by Crippen LogP contribution is -2.05. The SMILES string of the molecule is CCCc1n[nH]c(=S)n1/N=C\c1ccc(OCC(C)C)c(OC)c1. The molecule has 1 heterocycles. The Morgan fingerprint density at radius 1 is 1.38 bits per heavy atom. The monoisotopic (exact) mass is 348 g/mol. The van der Waals surface area contributed by atoms with Gasteiger partial charge in [0.1, 0.15) is 0 Å². The van der Waals surface area contributed by atoms with E-state index in [-0.39, 0.29) is 0 Å². The summed E-state index contributed by atoms with van der Waals surface area (Å²) in [5, 5.41) is 11.4. The van der Waals surface area contributed by atoms with Gasteiger partial charge in [0.25, 0.3) is 0 Å². The highest BCUT2D eigenvalue weighted by atomic mass is 32.1. The first-order valence-corrected chi connectivity index (χ1v) is 8.47. The van der Waals surface area contributed by atoms with Crippen molar-refractivity contribution in [3.05, 3.63) is 34.4 Å². The third-order valence-corrected chi connectivity index (χ3v) is 3.54. The van der Waals surface area contributed by atoms with Crippen molar-refractivity contribution in [2.75, 3.05) is 13.7 Å². The Labute approximate surface area is 147 Å². The molecule has 0 amide bonds. The highest BCUT2D eigenvalue weighted by molar-refractivity contribution is 7.71. The van der Waals surface area contributed by atoms with Crippen LogP contribution in [0.4, 0.5) is 0 Å². The predicted molar refractivity (Wildman–Crippen MR) is 97.7 cm³/mol. The molecule has 24 heavy (non-hydrogen) atoms. The van der Waals surface area contributed by atoms with Gasteiger partial charge in [0.15, 0.2) is 17.3 Å². The smallest absolute Gasteiger partial charge is 0.216 e. The van der Waals surface area contributed by atoms with Gasteiger partial charge < -0.3 is 9.47 Å². The van der Waals surface area contributed by atoms with Crippen molar-refractivity contribution in [2.45, 2.75) is 33.6 Å². The van der Waals surface area contributed by atoms with Crippen molar-refractivity contribution in [3.63, 3.8) is 0 Å². The number of methoxy groups -OCH3 is 1. The second-order valence-corrected chi connectivity index (χ2v) is 6.25. The molecule has 0 radical (unpaired) electrons. The van der Waals surface area contributed by atoms with Crippen molar-refractivity contribution in [2.24, 2.45) is 11.0 Å². The molecule has 1 aromatic carbocycles. The molecule has 0 aliphatic carbocycles. The number of hydrogen-bond donors (Lipinski definition) is 1. The number of hydrogen-bond acceptors (Lipinski definition) is 5. The first kappa shape index (κ1) is 18.2. The number of rotatable bonds is 8. The average molecular weight is 348 g/mol. The summed E-state index contributed by atoms with van der Waals surface area (Å²) in [7, 11) is 1.63. The lowest BCUT2D eigenvalue weighted by Gasteiger charge is -2.12. The summed E-state index contributed by atoms with van der Waals surface area (Å²) >= 11 is 5.22. The zero-order valence-corrected chi connectivity index (χ0v) is 15.4. The third-order valence-electron chi connectivity index (χ3n) is 3.27. The normalized spacial score (nSPS) is 11.4. The zero-order chi connectivity index (χ0) is 17.5. The molecule has 1 aromatic heterocycles. The first-order valence-electron chi connectivity index (χ1n) is 8.06. The summed E-state index contributed by atoms with van der Waals surface area (Å²) in [6.07, 6.45) is 3.53. The van der Waals surface area contributed by atoms with Crippen molar-refractivity contribution < 1.29 is 9.47 Å². The fourth-order valence-electron chi connectivity index (χ4n) is 2.09. The maximum absolute atomic E-state index is 5.76. The van der Waals surface area contributed by atoms with Crippen LogP contribution in [-0.4, -0.2) is 34.8 Å². The molecule has 1 N–H and O–H groups in total. The van der Waals surface area contributed by atoms with Gasteiger partial charge in [-0.1, -0.05) is 20.8 Å². The molecule has 0 fully saturated rings. The Hall–Kier alpha value is -2.15. The summed E-state index contributed by atoms with van der Waals surface area (Å²) < 4.78 is 13.3. The van der Waals surface area contributed by atoms with Crippen LogP contribution >= 0.6 is 12.2 Å². The van der Waals surface area contributed by atoms with E-state index in [1.54, 1.807) is 18.0 Å².